The minimum Gasteiger partial charge on any atom is -0.504 e. The molecule has 0 spiro atoms. The molecule has 1 aromatic carbocycles. The molecule has 0 fully saturated rings. The molecule has 30 heavy (non-hydrogen) atoms. The lowest BCUT2D eigenvalue weighted by molar-refractivity contribution is -0.141. The maximum Gasteiger partial charge on any atom is 0.326 e. The van der Waals surface area contributed by atoms with Gasteiger partial charge in [-0.2, -0.15) is 0 Å². The molecule has 4 N–H and O–H groups in total. The predicted molar refractivity (Wildman–Crippen MR) is 107 cm³/mol. The topological polar surface area (TPSA) is 143 Å². The Morgan fingerprint density at radius 3 is 2.63 bits per heavy atom. The van der Waals surface area contributed by atoms with Crippen molar-refractivity contribution in [3.8, 4) is 11.5 Å². The summed E-state index contributed by atoms with van der Waals surface area (Å²) >= 11 is 0. The number of phenolic OH excluding ortho intramolecular Hbond substituents is 1. The molecule has 162 valence electrons. The molecule has 1 heterocycles. The van der Waals surface area contributed by atoms with Crippen LogP contribution in [0.1, 0.15) is 24.1 Å². The number of benzene rings is 1. The first-order valence-corrected chi connectivity index (χ1v) is 9.40. The molecule has 1 atom stereocenters. The van der Waals surface area contributed by atoms with Gasteiger partial charge in [-0.3, -0.25) is 9.59 Å². The van der Waals surface area contributed by atoms with Gasteiger partial charge in [0, 0.05) is 39.1 Å². The number of nitrogens with one attached hydrogen (secondary N) is 2. The van der Waals surface area contributed by atoms with Crippen LogP contribution in [0.4, 0.5) is 0 Å². The van der Waals surface area contributed by atoms with Crippen LogP contribution >= 0.6 is 0 Å². The van der Waals surface area contributed by atoms with Crippen molar-refractivity contribution >= 4 is 17.8 Å². The smallest absolute Gasteiger partial charge is 0.326 e. The third-order valence-corrected chi connectivity index (χ3v) is 4.36. The fourth-order valence-corrected chi connectivity index (χ4v) is 2.79. The third-order valence-electron chi connectivity index (χ3n) is 4.36. The summed E-state index contributed by atoms with van der Waals surface area (Å²) in [6.07, 6.45) is 3.92. The maximum absolute atomic E-state index is 12.0. The Hall–Kier alpha value is -3.56. The van der Waals surface area contributed by atoms with Gasteiger partial charge in [-0.25, -0.2) is 9.78 Å². The second-order valence-electron chi connectivity index (χ2n) is 6.80. The molecule has 0 saturated carbocycles. The minimum atomic E-state index is -1.15. The standard InChI is InChI=1S/C20H26N4O6/c1-24-11-14(22-12-24)10-15(20(28)29)23-19(27)7-8-21-18(26)6-4-13-3-5-16(25)17(9-13)30-2/h3,5,9,11-12,15,25H,4,6-8,10H2,1-2H3,(H,21,26)(H,23,27)(H,28,29). The van der Waals surface area contributed by atoms with Gasteiger partial charge in [0.05, 0.1) is 19.1 Å². The number of carbonyl (C=O) groups excluding carboxylic acids is 2. The van der Waals surface area contributed by atoms with E-state index < -0.39 is 17.9 Å². The highest BCUT2D eigenvalue weighted by molar-refractivity contribution is 5.84. The number of imidazole rings is 1. The number of hydrogen-bond acceptors (Lipinski definition) is 6. The first kappa shape index (κ1) is 22.7. The summed E-state index contributed by atoms with van der Waals surface area (Å²) in [5.74, 6) is -1.50. The molecule has 1 aromatic heterocycles. The van der Waals surface area contributed by atoms with Crippen LogP contribution in [0.25, 0.3) is 0 Å². The van der Waals surface area contributed by atoms with E-state index in [-0.39, 0.29) is 37.5 Å². The molecule has 1 unspecified atom stereocenters. The Kier molecular flexibility index (Phi) is 8.21. The average molecular weight is 418 g/mol. The predicted octanol–water partition coefficient (Wildman–Crippen LogP) is 0.385. The average Bonchev–Trinajstić information content (AvgIpc) is 3.11. The zero-order valence-corrected chi connectivity index (χ0v) is 16.9. The molecular weight excluding hydrogens is 392 g/mol. The summed E-state index contributed by atoms with van der Waals surface area (Å²) in [6, 6.07) is 3.77. The number of aliphatic carboxylic acids is 1. The summed E-state index contributed by atoms with van der Waals surface area (Å²) < 4.78 is 6.72. The van der Waals surface area contributed by atoms with E-state index >= 15 is 0 Å². The van der Waals surface area contributed by atoms with Crippen molar-refractivity contribution in [2.75, 3.05) is 13.7 Å². The number of aryl methyl sites for hydroxylation is 2. The minimum absolute atomic E-state index is 0.0272. The number of rotatable bonds is 11. The van der Waals surface area contributed by atoms with Crippen molar-refractivity contribution < 1.29 is 29.3 Å². The first-order valence-electron chi connectivity index (χ1n) is 9.40. The van der Waals surface area contributed by atoms with E-state index in [9.17, 15) is 24.6 Å². The van der Waals surface area contributed by atoms with Crippen LogP contribution in [0.15, 0.2) is 30.7 Å². The molecule has 0 aliphatic heterocycles. The Morgan fingerprint density at radius 2 is 2.00 bits per heavy atom. The molecule has 2 rings (SSSR count). The number of carbonyl (C=O) groups is 3. The van der Waals surface area contributed by atoms with Crippen LogP contribution in [0.2, 0.25) is 0 Å². The second-order valence-corrected chi connectivity index (χ2v) is 6.80. The van der Waals surface area contributed by atoms with E-state index in [1.165, 1.54) is 13.2 Å². The first-order chi connectivity index (χ1) is 14.3. The van der Waals surface area contributed by atoms with Gasteiger partial charge in [0.1, 0.15) is 6.04 Å². The number of carboxylic acids is 1. The Labute approximate surface area is 173 Å². The lowest BCUT2D eigenvalue weighted by Crippen LogP contribution is -2.43. The van der Waals surface area contributed by atoms with Crippen LogP contribution in [0.5, 0.6) is 11.5 Å². The van der Waals surface area contributed by atoms with Gasteiger partial charge in [0.2, 0.25) is 11.8 Å². The summed E-state index contributed by atoms with van der Waals surface area (Å²) in [6.45, 7) is 0.0967. The SMILES string of the molecule is COc1cc(CCC(=O)NCCC(=O)NC(Cc2cn(C)cn2)C(=O)O)ccc1O. The van der Waals surface area contributed by atoms with Gasteiger partial charge in [-0.15, -0.1) is 0 Å². The van der Waals surface area contributed by atoms with Gasteiger partial charge in [-0.1, -0.05) is 6.07 Å². The van der Waals surface area contributed by atoms with Gasteiger partial charge in [0.15, 0.2) is 11.5 Å². The van der Waals surface area contributed by atoms with Crippen molar-refractivity contribution in [1.29, 1.82) is 0 Å². The second kappa shape index (κ2) is 10.8. The summed E-state index contributed by atoms with van der Waals surface area (Å²) in [5.41, 5.74) is 1.39. The summed E-state index contributed by atoms with van der Waals surface area (Å²) in [5, 5.41) is 24.0. The normalized spacial score (nSPS) is 11.5. The zero-order chi connectivity index (χ0) is 22.1. The van der Waals surface area contributed by atoms with E-state index in [0.29, 0.717) is 17.9 Å². The Balaban J connectivity index is 1.72. The van der Waals surface area contributed by atoms with Crippen molar-refractivity contribution in [2.24, 2.45) is 7.05 Å². The number of aromatic nitrogens is 2. The van der Waals surface area contributed by atoms with E-state index in [2.05, 4.69) is 15.6 Å². The number of ether oxygens (including phenoxy) is 1. The highest BCUT2D eigenvalue weighted by Gasteiger charge is 2.21. The van der Waals surface area contributed by atoms with Gasteiger partial charge >= 0.3 is 5.97 Å². The monoisotopic (exact) mass is 418 g/mol. The van der Waals surface area contributed by atoms with Crippen molar-refractivity contribution in [3.63, 3.8) is 0 Å². The molecule has 0 aliphatic rings. The quantitative estimate of drug-likeness (QED) is 0.413. The van der Waals surface area contributed by atoms with Crippen molar-refractivity contribution in [3.05, 3.63) is 42.0 Å². The van der Waals surface area contributed by atoms with Crippen LogP contribution in [0.3, 0.4) is 0 Å². The molecule has 0 bridgehead atoms. The molecule has 10 nitrogen and oxygen atoms in total. The number of amides is 2. The fraction of sp³-hybridized carbons (Fsp3) is 0.400. The van der Waals surface area contributed by atoms with Crippen LogP contribution in [-0.4, -0.2) is 57.2 Å². The van der Waals surface area contributed by atoms with E-state index in [4.69, 9.17) is 4.74 Å². The van der Waals surface area contributed by atoms with Crippen molar-refractivity contribution in [1.82, 2.24) is 20.2 Å². The number of carboxylic acid groups (broad SMARTS) is 1. The molecular formula is C20H26N4O6. The molecule has 0 saturated heterocycles. The van der Waals surface area contributed by atoms with Gasteiger partial charge in [0.25, 0.3) is 0 Å². The fourth-order valence-electron chi connectivity index (χ4n) is 2.79. The van der Waals surface area contributed by atoms with Gasteiger partial charge in [-0.05, 0) is 24.1 Å². The van der Waals surface area contributed by atoms with Crippen molar-refractivity contribution in [2.45, 2.75) is 31.7 Å². The lowest BCUT2D eigenvalue weighted by Gasteiger charge is -2.13. The number of nitrogens with zero attached hydrogens (tertiary/aromatic N) is 2. The number of phenols is 1. The zero-order valence-electron chi connectivity index (χ0n) is 16.9. The van der Waals surface area contributed by atoms with Crippen LogP contribution in [0, 0.1) is 0 Å². The lowest BCUT2D eigenvalue weighted by atomic mass is 10.1. The van der Waals surface area contributed by atoms with E-state index in [1.807, 2.05) is 0 Å². The van der Waals surface area contributed by atoms with E-state index in [0.717, 1.165) is 5.56 Å². The maximum atomic E-state index is 12.0. The molecule has 0 radical (unpaired) electrons. The Bertz CT molecular complexity index is 895. The molecule has 0 aliphatic carbocycles. The largest absolute Gasteiger partial charge is 0.504 e. The highest BCUT2D eigenvalue weighted by atomic mass is 16.5. The summed E-state index contributed by atoms with van der Waals surface area (Å²) in [4.78, 5) is 39.4. The number of methoxy groups -OCH3 is 1. The third kappa shape index (κ3) is 7.12. The highest BCUT2D eigenvalue weighted by Crippen LogP contribution is 2.26. The van der Waals surface area contributed by atoms with Crippen LogP contribution < -0.4 is 15.4 Å². The molecule has 2 aromatic rings. The van der Waals surface area contributed by atoms with E-state index in [1.54, 1.807) is 36.3 Å². The number of aromatic hydroxyl groups is 1. The molecule has 10 heteroatoms. The van der Waals surface area contributed by atoms with Crippen LogP contribution in [-0.2, 0) is 34.3 Å². The number of hydrogen-bond donors (Lipinski definition) is 4. The summed E-state index contributed by atoms with van der Waals surface area (Å²) in [7, 11) is 3.22. The Morgan fingerprint density at radius 1 is 1.23 bits per heavy atom. The van der Waals surface area contributed by atoms with Gasteiger partial charge < -0.3 is 30.2 Å². The molecule has 2 amide bonds.